The van der Waals surface area contributed by atoms with E-state index >= 15 is 0 Å². The molecule has 142 valence electrons. The molecule has 1 aliphatic heterocycles. The summed E-state index contributed by atoms with van der Waals surface area (Å²) in [6, 6.07) is 7.95. The standard InChI is InChI=1S/C23H25BrO3/c1-22(2)9-15(25)20-17(11-22)27-18-12-23(3,4)10-16(26)21(18)19(20)13-6-5-7-14(24)8-13/h5-8,19H,9-12H2,1-4H3. The molecule has 0 bridgehead atoms. The van der Waals surface area contributed by atoms with Gasteiger partial charge in [0.2, 0.25) is 0 Å². The van der Waals surface area contributed by atoms with E-state index in [1.165, 1.54) is 0 Å². The van der Waals surface area contributed by atoms with Crippen molar-refractivity contribution in [1.29, 1.82) is 0 Å². The smallest absolute Gasteiger partial charge is 0.163 e. The molecule has 0 spiro atoms. The monoisotopic (exact) mass is 428 g/mol. The number of ether oxygens (including phenoxy) is 1. The number of hydrogen-bond donors (Lipinski definition) is 0. The Morgan fingerprint density at radius 3 is 1.89 bits per heavy atom. The highest BCUT2D eigenvalue weighted by Crippen LogP contribution is 2.53. The number of benzene rings is 1. The van der Waals surface area contributed by atoms with Crippen molar-refractivity contribution < 1.29 is 14.3 Å². The molecule has 27 heavy (non-hydrogen) atoms. The number of halogens is 1. The highest BCUT2D eigenvalue weighted by molar-refractivity contribution is 9.10. The number of ketones is 2. The van der Waals surface area contributed by atoms with Gasteiger partial charge in [0.25, 0.3) is 0 Å². The Bertz CT molecular complexity index is 865. The second-order valence-electron chi connectivity index (χ2n) is 9.65. The zero-order valence-corrected chi connectivity index (χ0v) is 17.9. The van der Waals surface area contributed by atoms with E-state index in [1.807, 2.05) is 24.3 Å². The van der Waals surface area contributed by atoms with Crippen LogP contribution in [0.2, 0.25) is 0 Å². The molecule has 0 saturated heterocycles. The third kappa shape index (κ3) is 3.33. The van der Waals surface area contributed by atoms with Gasteiger partial charge in [-0.1, -0.05) is 55.8 Å². The van der Waals surface area contributed by atoms with Crippen LogP contribution in [-0.2, 0) is 14.3 Å². The number of Topliss-reactive ketones (excluding diaryl/α,β-unsaturated/α-hetero) is 2. The summed E-state index contributed by atoms with van der Waals surface area (Å²) in [6.45, 7) is 8.41. The van der Waals surface area contributed by atoms with Crippen molar-refractivity contribution in [2.24, 2.45) is 10.8 Å². The second kappa shape index (κ2) is 6.16. The molecule has 0 atom stereocenters. The SMILES string of the molecule is CC1(C)CC(=O)C2=C(C1)OC1=C(C(=O)CC(C)(C)C1)C2c1cccc(Br)c1. The Hall–Kier alpha value is -1.68. The molecule has 0 N–H and O–H groups in total. The van der Waals surface area contributed by atoms with Gasteiger partial charge in [-0.05, 0) is 28.5 Å². The molecule has 4 rings (SSSR count). The van der Waals surface area contributed by atoms with Crippen molar-refractivity contribution in [2.45, 2.75) is 59.3 Å². The van der Waals surface area contributed by atoms with Gasteiger partial charge in [-0.25, -0.2) is 0 Å². The minimum absolute atomic E-state index is 0.107. The lowest BCUT2D eigenvalue weighted by Crippen LogP contribution is -2.37. The number of hydrogen-bond acceptors (Lipinski definition) is 3. The fourth-order valence-electron chi connectivity index (χ4n) is 4.69. The first-order valence-electron chi connectivity index (χ1n) is 9.52. The molecule has 1 aromatic rings. The minimum atomic E-state index is -0.312. The Morgan fingerprint density at radius 2 is 1.41 bits per heavy atom. The molecule has 3 nitrogen and oxygen atoms in total. The molecule has 1 aromatic carbocycles. The normalized spacial score (nSPS) is 24.5. The van der Waals surface area contributed by atoms with Gasteiger partial charge in [0.05, 0.1) is 0 Å². The topological polar surface area (TPSA) is 43.4 Å². The van der Waals surface area contributed by atoms with Crippen LogP contribution in [0.5, 0.6) is 0 Å². The Labute approximate surface area is 169 Å². The van der Waals surface area contributed by atoms with Crippen LogP contribution in [-0.4, -0.2) is 11.6 Å². The lowest BCUT2D eigenvalue weighted by atomic mass is 9.65. The summed E-state index contributed by atoms with van der Waals surface area (Å²) < 4.78 is 7.24. The van der Waals surface area contributed by atoms with Gasteiger partial charge in [0, 0.05) is 47.2 Å². The average molecular weight is 429 g/mol. The highest BCUT2D eigenvalue weighted by Gasteiger charge is 2.47. The maximum absolute atomic E-state index is 13.1. The summed E-state index contributed by atoms with van der Waals surface area (Å²) >= 11 is 3.54. The minimum Gasteiger partial charge on any atom is -0.465 e. The summed E-state index contributed by atoms with van der Waals surface area (Å²) in [5.41, 5.74) is 2.13. The van der Waals surface area contributed by atoms with Gasteiger partial charge in [-0.3, -0.25) is 9.59 Å². The number of carbonyl (C=O) groups is 2. The highest BCUT2D eigenvalue weighted by atomic mass is 79.9. The van der Waals surface area contributed by atoms with Crippen molar-refractivity contribution >= 4 is 27.5 Å². The Kier molecular flexibility index (Phi) is 4.26. The fraction of sp³-hybridized carbons (Fsp3) is 0.478. The zero-order valence-electron chi connectivity index (χ0n) is 16.3. The van der Waals surface area contributed by atoms with Gasteiger partial charge in [-0.2, -0.15) is 0 Å². The summed E-state index contributed by atoms with van der Waals surface area (Å²) in [5, 5.41) is 0. The predicted octanol–water partition coefficient (Wildman–Crippen LogP) is 5.85. The molecule has 0 fully saturated rings. The van der Waals surface area contributed by atoms with Crippen molar-refractivity contribution in [3.63, 3.8) is 0 Å². The third-order valence-corrected chi connectivity index (χ3v) is 6.26. The van der Waals surface area contributed by atoms with Gasteiger partial charge in [0.1, 0.15) is 11.5 Å². The van der Waals surface area contributed by atoms with E-state index in [1.54, 1.807) is 0 Å². The van der Waals surface area contributed by atoms with E-state index in [0.717, 1.165) is 34.4 Å². The summed E-state index contributed by atoms with van der Waals surface area (Å²) in [7, 11) is 0. The third-order valence-electron chi connectivity index (χ3n) is 5.76. The van der Waals surface area contributed by atoms with E-state index in [2.05, 4.69) is 43.6 Å². The van der Waals surface area contributed by atoms with Gasteiger partial charge in [0.15, 0.2) is 11.6 Å². The Balaban J connectivity index is 1.92. The first kappa shape index (κ1) is 18.7. The van der Waals surface area contributed by atoms with E-state index in [9.17, 15) is 9.59 Å². The van der Waals surface area contributed by atoms with E-state index < -0.39 is 0 Å². The molecular formula is C23H25BrO3. The molecular weight excluding hydrogens is 404 g/mol. The molecule has 0 saturated carbocycles. The van der Waals surface area contributed by atoms with E-state index in [0.29, 0.717) is 24.0 Å². The summed E-state index contributed by atoms with van der Waals surface area (Å²) in [4.78, 5) is 26.3. The second-order valence-corrected chi connectivity index (χ2v) is 10.6. The van der Waals surface area contributed by atoms with Crippen LogP contribution in [0.25, 0.3) is 0 Å². The Morgan fingerprint density at radius 1 is 0.889 bits per heavy atom. The molecule has 1 heterocycles. The molecule has 0 radical (unpaired) electrons. The fourth-order valence-corrected chi connectivity index (χ4v) is 5.11. The molecule has 3 aliphatic rings. The predicted molar refractivity (Wildman–Crippen MR) is 108 cm³/mol. The summed E-state index contributed by atoms with van der Waals surface area (Å²) in [6.07, 6.45) is 2.43. The molecule has 0 unspecified atom stereocenters. The van der Waals surface area contributed by atoms with Gasteiger partial charge >= 0.3 is 0 Å². The lowest BCUT2D eigenvalue weighted by molar-refractivity contribution is -0.120. The summed E-state index contributed by atoms with van der Waals surface area (Å²) in [5.74, 6) is 1.44. The molecule has 0 amide bonds. The molecule has 0 aromatic heterocycles. The van der Waals surface area contributed by atoms with E-state index in [-0.39, 0.29) is 28.3 Å². The van der Waals surface area contributed by atoms with Crippen molar-refractivity contribution in [3.05, 3.63) is 57.0 Å². The van der Waals surface area contributed by atoms with Crippen molar-refractivity contribution in [2.75, 3.05) is 0 Å². The van der Waals surface area contributed by atoms with E-state index in [4.69, 9.17) is 4.74 Å². The largest absolute Gasteiger partial charge is 0.465 e. The number of allylic oxidation sites excluding steroid dienone is 4. The molecule has 2 aliphatic carbocycles. The number of carbonyl (C=O) groups excluding carboxylic acids is 2. The maximum Gasteiger partial charge on any atom is 0.163 e. The van der Waals surface area contributed by atoms with Crippen LogP contribution in [0.15, 0.2) is 51.4 Å². The van der Waals surface area contributed by atoms with Gasteiger partial charge in [-0.15, -0.1) is 0 Å². The van der Waals surface area contributed by atoms with Crippen LogP contribution in [0.1, 0.15) is 64.9 Å². The first-order valence-corrected chi connectivity index (χ1v) is 10.3. The average Bonchev–Trinajstić information content (AvgIpc) is 2.50. The van der Waals surface area contributed by atoms with Crippen LogP contribution < -0.4 is 0 Å². The van der Waals surface area contributed by atoms with Crippen LogP contribution in [0, 0.1) is 10.8 Å². The van der Waals surface area contributed by atoms with Crippen molar-refractivity contribution in [1.82, 2.24) is 0 Å². The number of rotatable bonds is 1. The van der Waals surface area contributed by atoms with Crippen LogP contribution in [0.4, 0.5) is 0 Å². The molecule has 4 heteroatoms. The zero-order chi connectivity index (χ0) is 19.6. The van der Waals surface area contributed by atoms with Gasteiger partial charge < -0.3 is 4.74 Å². The quantitative estimate of drug-likeness (QED) is 0.563. The lowest BCUT2D eigenvalue weighted by Gasteiger charge is -2.42. The van der Waals surface area contributed by atoms with Crippen molar-refractivity contribution in [3.8, 4) is 0 Å². The van der Waals surface area contributed by atoms with Crippen LogP contribution >= 0.6 is 15.9 Å². The maximum atomic E-state index is 13.1. The van der Waals surface area contributed by atoms with Crippen LogP contribution in [0.3, 0.4) is 0 Å². The first-order chi connectivity index (χ1) is 12.6.